The molecule has 6 heteroatoms. The second-order valence-corrected chi connectivity index (χ2v) is 6.14. The van der Waals surface area contributed by atoms with Gasteiger partial charge >= 0.3 is 5.97 Å². The summed E-state index contributed by atoms with van der Waals surface area (Å²) in [6.45, 7) is 6.20. The van der Waals surface area contributed by atoms with Crippen LogP contribution >= 0.6 is 0 Å². The largest absolute Gasteiger partial charge is 0.468 e. The SMILES string of the molecule is COC(=O)[C@@](C)(CO)NCc1cccc(C(=O)NCC(C)C)c1. The average Bonchev–Trinajstić information content (AvgIpc) is 2.56. The smallest absolute Gasteiger partial charge is 0.328 e. The van der Waals surface area contributed by atoms with Gasteiger partial charge in [0, 0.05) is 18.7 Å². The van der Waals surface area contributed by atoms with Crippen molar-refractivity contribution in [2.45, 2.75) is 32.9 Å². The van der Waals surface area contributed by atoms with E-state index in [1.165, 1.54) is 7.11 Å². The molecule has 23 heavy (non-hydrogen) atoms. The third-order valence-electron chi connectivity index (χ3n) is 3.49. The summed E-state index contributed by atoms with van der Waals surface area (Å²) in [5.41, 5.74) is 0.226. The first-order valence-corrected chi connectivity index (χ1v) is 7.64. The van der Waals surface area contributed by atoms with E-state index in [1.807, 2.05) is 19.9 Å². The first-order valence-electron chi connectivity index (χ1n) is 7.64. The standard InChI is InChI=1S/C17H26N2O4/c1-12(2)9-18-15(21)14-7-5-6-13(8-14)10-19-17(3,11-20)16(22)23-4/h5-8,12,19-20H,9-11H2,1-4H3,(H,18,21)/t17-/m1/s1. The van der Waals surface area contributed by atoms with E-state index in [2.05, 4.69) is 15.4 Å². The molecule has 0 spiro atoms. The summed E-state index contributed by atoms with van der Waals surface area (Å²) >= 11 is 0. The van der Waals surface area contributed by atoms with Crippen LogP contribution in [-0.2, 0) is 16.1 Å². The monoisotopic (exact) mass is 322 g/mol. The third-order valence-corrected chi connectivity index (χ3v) is 3.49. The van der Waals surface area contributed by atoms with Crippen LogP contribution in [-0.4, -0.2) is 42.8 Å². The minimum Gasteiger partial charge on any atom is -0.468 e. The summed E-state index contributed by atoms with van der Waals surface area (Å²) < 4.78 is 4.69. The number of carbonyl (C=O) groups is 2. The molecule has 128 valence electrons. The van der Waals surface area contributed by atoms with Gasteiger partial charge in [-0.15, -0.1) is 0 Å². The van der Waals surface area contributed by atoms with Crippen LogP contribution in [0.5, 0.6) is 0 Å². The van der Waals surface area contributed by atoms with Gasteiger partial charge in [-0.25, -0.2) is 4.79 Å². The summed E-state index contributed by atoms with van der Waals surface area (Å²) in [5, 5.41) is 15.2. The number of ether oxygens (including phenoxy) is 1. The van der Waals surface area contributed by atoms with Gasteiger partial charge < -0.3 is 15.2 Å². The summed E-state index contributed by atoms with van der Waals surface area (Å²) in [4.78, 5) is 23.8. The number of methoxy groups -OCH3 is 1. The van der Waals surface area contributed by atoms with Gasteiger partial charge in [-0.2, -0.15) is 0 Å². The van der Waals surface area contributed by atoms with Gasteiger partial charge in [0.15, 0.2) is 0 Å². The highest BCUT2D eigenvalue weighted by Gasteiger charge is 2.33. The number of amides is 1. The number of aliphatic hydroxyl groups is 1. The van der Waals surface area contributed by atoms with Crippen LogP contribution in [0.25, 0.3) is 0 Å². The summed E-state index contributed by atoms with van der Waals surface area (Å²) in [6, 6.07) is 7.14. The Bertz CT molecular complexity index is 545. The molecular formula is C17H26N2O4. The molecule has 1 rings (SSSR count). The average molecular weight is 322 g/mol. The maximum absolute atomic E-state index is 12.1. The second kappa shape index (κ2) is 8.64. The van der Waals surface area contributed by atoms with E-state index >= 15 is 0 Å². The maximum atomic E-state index is 12.1. The van der Waals surface area contributed by atoms with E-state index < -0.39 is 11.5 Å². The van der Waals surface area contributed by atoms with Gasteiger partial charge in [-0.3, -0.25) is 10.1 Å². The maximum Gasteiger partial charge on any atom is 0.328 e. The molecule has 1 aromatic carbocycles. The molecule has 3 N–H and O–H groups in total. The van der Waals surface area contributed by atoms with Gasteiger partial charge in [-0.1, -0.05) is 26.0 Å². The molecule has 1 atom stereocenters. The van der Waals surface area contributed by atoms with Crippen molar-refractivity contribution in [3.63, 3.8) is 0 Å². The Labute approximate surface area is 137 Å². The number of rotatable bonds is 8. The summed E-state index contributed by atoms with van der Waals surface area (Å²) in [5.74, 6) is -0.279. The molecular weight excluding hydrogens is 296 g/mol. The fraction of sp³-hybridized carbons (Fsp3) is 0.529. The molecule has 0 aromatic heterocycles. The highest BCUT2D eigenvalue weighted by Crippen LogP contribution is 2.10. The summed E-state index contributed by atoms with van der Waals surface area (Å²) in [6.07, 6.45) is 0. The lowest BCUT2D eigenvalue weighted by atomic mass is 10.0. The highest BCUT2D eigenvalue weighted by molar-refractivity contribution is 5.94. The van der Waals surface area contributed by atoms with Crippen molar-refractivity contribution in [3.8, 4) is 0 Å². The zero-order chi connectivity index (χ0) is 17.5. The quantitative estimate of drug-likeness (QED) is 0.624. The fourth-order valence-electron chi connectivity index (χ4n) is 1.94. The first-order chi connectivity index (χ1) is 10.8. The molecule has 0 radical (unpaired) electrons. The van der Waals surface area contributed by atoms with E-state index in [4.69, 9.17) is 0 Å². The van der Waals surface area contributed by atoms with Crippen LogP contribution in [0.15, 0.2) is 24.3 Å². The lowest BCUT2D eigenvalue weighted by molar-refractivity contribution is -0.149. The number of benzene rings is 1. The molecule has 0 aliphatic heterocycles. The van der Waals surface area contributed by atoms with Crippen LogP contribution in [0.4, 0.5) is 0 Å². The predicted molar refractivity (Wildman–Crippen MR) is 88.0 cm³/mol. The number of hydrogen-bond acceptors (Lipinski definition) is 5. The molecule has 1 aromatic rings. The Morgan fingerprint density at radius 1 is 1.35 bits per heavy atom. The van der Waals surface area contributed by atoms with Gasteiger partial charge in [0.2, 0.25) is 0 Å². The number of hydrogen-bond donors (Lipinski definition) is 3. The van der Waals surface area contributed by atoms with Gasteiger partial charge in [0.05, 0.1) is 13.7 Å². The zero-order valence-corrected chi connectivity index (χ0v) is 14.2. The number of carbonyl (C=O) groups excluding carboxylic acids is 2. The topological polar surface area (TPSA) is 87.7 Å². The van der Waals surface area contributed by atoms with Crippen LogP contribution in [0.3, 0.4) is 0 Å². The van der Waals surface area contributed by atoms with E-state index in [-0.39, 0.29) is 12.5 Å². The van der Waals surface area contributed by atoms with Crippen LogP contribution in [0, 0.1) is 5.92 Å². The minimum absolute atomic E-state index is 0.126. The molecule has 0 unspecified atom stereocenters. The Morgan fingerprint density at radius 3 is 2.61 bits per heavy atom. The van der Waals surface area contributed by atoms with Gasteiger partial charge in [0.1, 0.15) is 5.54 Å². The van der Waals surface area contributed by atoms with Crippen molar-refractivity contribution >= 4 is 11.9 Å². The Kier molecular flexibility index (Phi) is 7.19. The normalized spacial score (nSPS) is 13.5. The van der Waals surface area contributed by atoms with Crippen molar-refractivity contribution in [1.29, 1.82) is 0 Å². The molecule has 0 fully saturated rings. The Hall–Kier alpha value is -1.92. The van der Waals surface area contributed by atoms with Crippen LogP contribution < -0.4 is 10.6 Å². The fourth-order valence-corrected chi connectivity index (χ4v) is 1.94. The Balaban J connectivity index is 2.73. The lowest BCUT2D eigenvalue weighted by Gasteiger charge is -2.25. The molecule has 0 heterocycles. The van der Waals surface area contributed by atoms with Gasteiger partial charge in [0.25, 0.3) is 5.91 Å². The molecule has 0 aliphatic carbocycles. The minimum atomic E-state index is -1.18. The van der Waals surface area contributed by atoms with E-state index in [0.717, 1.165) is 5.56 Å². The zero-order valence-electron chi connectivity index (χ0n) is 14.2. The molecule has 1 amide bonds. The number of nitrogens with one attached hydrogen (secondary N) is 2. The predicted octanol–water partition coefficient (Wildman–Crippen LogP) is 1.09. The molecule has 6 nitrogen and oxygen atoms in total. The molecule has 0 saturated carbocycles. The van der Waals surface area contributed by atoms with Crippen molar-refractivity contribution < 1.29 is 19.4 Å². The number of aliphatic hydroxyl groups excluding tert-OH is 1. The second-order valence-electron chi connectivity index (χ2n) is 6.14. The molecule has 0 saturated heterocycles. The van der Waals surface area contributed by atoms with Crippen molar-refractivity contribution in [2.24, 2.45) is 5.92 Å². The van der Waals surface area contributed by atoms with E-state index in [9.17, 15) is 14.7 Å². The third kappa shape index (κ3) is 5.65. The van der Waals surface area contributed by atoms with Gasteiger partial charge in [-0.05, 0) is 30.5 Å². The van der Waals surface area contributed by atoms with Crippen molar-refractivity contribution in [1.82, 2.24) is 10.6 Å². The number of esters is 1. The summed E-state index contributed by atoms with van der Waals surface area (Å²) in [7, 11) is 1.28. The molecule has 0 bridgehead atoms. The van der Waals surface area contributed by atoms with Crippen LogP contribution in [0.2, 0.25) is 0 Å². The first kappa shape index (κ1) is 19.1. The van der Waals surface area contributed by atoms with Crippen molar-refractivity contribution in [3.05, 3.63) is 35.4 Å². The van der Waals surface area contributed by atoms with E-state index in [0.29, 0.717) is 24.6 Å². The lowest BCUT2D eigenvalue weighted by Crippen LogP contribution is -2.52. The van der Waals surface area contributed by atoms with E-state index in [1.54, 1.807) is 25.1 Å². The highest BCUT2D eigenvalue weighted by atomic mass is 16.5. The Morgan fingerprint density at radius 2 is 2.04 bits per heavy atom. The molecule has 0 aliphatic rings. The van der Waals surface area contributed by atoms with Crippen molar-refractivity contribution in [2.75, 3.05) is 20.3 Å². The van der Waals surface area contributed by atoms with Crippen LogP contribution in [0.1, 0.15) is 36.7 Å².